The van der Waals surface area contributed by atoms with Gasteiger partial charge in [-0.1, -0.05) is 120 Å². The van der Waals surface area contributed by atoms with Gasteiger partial charge in [0, 0.05) is 5.56 Å². The van der Waals surface area contributed by atoms with E-state index in [1.165, 1.54) is 33.0 Å². The lowest BCUT2D eigenvalue weighted by atomic mass is 9.85. The zero-order valence-electron chi connectivity index (χ0n) is 21.3. The number of ether oxygens (including phenoxy) is 1. The summed E-state index contributed by atoms with van der Waals surface area (Å²) in [6.45, 7) is 16.1. The second-order valence-electron chi connectivity index (χ2n) is 10.6. The quantitative estimate of drug-likeness (QED) is 0.310. The molecule has 0 aliphatic carbocycles. The van der Waals surface area contributed by atoms with Crippen molar-refractivity contribution in [3.05, 3.63) is 102 Å². The molecule has 1 heteroatoms. The van der Waals surface area contributed by atoms with E-state index in [1.807, 2.05) is 13.0 Å². The van der Waals surface area contributed by atoms with Gasteiger partial charge in [-0.3, -0.25) is 0 Å². The second kappa shape index (κ2) is 10.3. The largest absolute Gasteiger partial charge is 0.494 e. The molecule has 0 unspecified atom stereocenters. The summed E-state index contributed by atoms with van der Waals surface area (Å²) in [4.78, 5) is 0. The molecule has 0 aliphatic heterocycles. The first-order valence-electron chi connectivity index (χ1n) is 11.9. The van der Waals surface area contributed by atoms with E-state index >= 15 is 0 Å². The molecule has 172 valence electrons. The van der Waals surface area contributed by atoms with Crippen LogP contribution in [0.15, 0.2) is 91.0 Å². The second-order valence-corrected chi connectivity index (χ2v) is 10.6. The minimum atomic E-state index is 0.106. The summed E-state index contributed by atoms with van der Waals surface area (Å²) in [5.74, 6) is 1.01. The van der Waals surface area contributed by atoms with Gasteiger partial charge in [-0.25, -0.2) is 0 Å². The summed E-state index contributed by atoms with van der Waals surface area (Å²) < 4.78 is 5.77. The topological polar surface area (TPSA) is 9.23 Å². The van der Waals surface area contributed by atoms with Crippen LogP contribution in [0.4, 0.5) is 0 Å². The smallest absolute Gasteiger partial charge is 0.123 e. The van der Waals surface area contributed by atoms with Crippen LogP contribution in [0.25, 0.3) is 21.9 Å². The molecule has 0 saturated carbocycles. The molecule has 0 bridgehead atoms. The standard InChI is InChI=1S/C16H20O.C16H18/c1-5-17-15-11-13-9-7-6-8-12(13)10-14(15)16(2,3)4;1-16(2,3)15-11-9-14(10-12-15)13-7-5-4-6-8-13/h6-11H,5H2,1-4H3;4-12H,1-3H3. The molecule has 0 radical (unpaired) electrons. The molecule has 33 heavy (non-hydrogen) atoms. The Hall–Kier alpha value is -3.06. The van der Waals surface area contributed by atoms with E-state index in [0.717, 1.165) is 5.75 Å². The summed E-state index contributed by atoms with van der Waals surface area (Å²) >= 11 is 0. The zero-order chi connectivity index (χ0) is 24.1. The number of fused-ring (bicyclic) bond motifs is 1. The first-order chi connectivity index (χ1) is 15.6. The maximum atomic E-state index is 5.77. The highest BCUT2D eigenvalue weighted by Crippen LogP contribution is 2.35. The lowest BCUT2D eigenvalue weighted by molar-refractivity contribution is 0.330. The fraction of sp³-hybridized carbons (Fsp3) is 0.312. The molecule has 1 nitrogen and oxygen atoms in total. The van der Waals surface area contributed by atoms with Gasteiger partial charge >= 0.3 is 0 Å². The van der Waals surface area contributed by atoms with E-state index in [2.05, 4.69) is 126 Å². The number of hydrogen-bond donors (Lipinski definition) is 0. The monoisotopic (exact) mass is 438 g/mol. The molecular weight excluding hydrogens is 400 g/mol. The van der Waals surface area contributed by atoms with E-state index in [0.29, 0.717) is 6.61 Å². The average molecular weight is 439 g/mol. The Bertz CT molecular complexity index is 1160. The van der Waals surface area contributed by atoms with Crippen LogP contribution in [0.1, 0.15) is 59.6 Å². The van der Waals surface area contributed by atoms with Crippen LogP contribution < -0.4 is 4.74 Å². The van der Waals surface area contributed by atoms with Crippen molar-refractivity contribution in [3.63, 3.8) is 0 Å². The van der Waals surface area contributed by atoms with Gasteiger partial charge < -0.3 is 4.74 Å². The predicted octanol–water partition coefficient (Wildman–Crippen LogP) is 9.19. The number of benzene rings is 4. The Morgan fingerprint density at radius 3 is 1.61 bits per heavy atom. The van der Waals surface area contributed by atoms with Crippen LogP contribution in [-0.4, -0.2) is 6.61 Å². The molecule has 0 N–H and O–H groups in total. The molecule has 0 saturated heterocycles. The van der Waals surface area contributed by atoms with Crippen LogP contribution in [-0.2, 0) is 10.8 Å². The Balaban J connectivity index is 0.000000186. The van der Waals surface area contributed by atoms with E-state index in [9.17, 15) is 0 Å². The van der Waals surface area contributed by atoms with Gasteiger partial charge in [0.25, 0.3) is 0 Å². The molecule has 0 atom stereocenters. The van der Waals surface area contributed by atoms with E-state index in [-0.39, 0.29) is 10.8 Å². The van der Waals surface area contributed by atoms with Crippen LogP contribution >= 0.6 is 0 Å². The van der Waals surface area contributed by atoms with Crippen LogP contribution in [0, 0.1) is 0 Å². The zero-order valence-corrected chi connectivity index (χ0v) is 21.3. The van der Waals surface area contributed by atoms with Crippen molar-refractivity contribution in [1.29, 1.82) is 0 Å². The fourth-order valence-corrected chi connectivity index (χ4v) is 3.87. The third kappa shape index (κ3) is 6.48. The SMILES string of the molecule is CC(C)(C)c1ccc(-c2ccccc2)cc1.CCOc1cc2ccccc2cc1C(C)(C)C. The lowest BCUT2D eigenvalue weighted by Crippen LogP contribution is -2.13. The fourth-order valence-electron chi connectivity index (χ4n) is 3.87. The molecule has 4 rings (SSSR count). The van der Waals surface area contributed by atoms with Crippen molar-refractivity contribution in [2.45, 2.75) is 59.3 Å². The molecular formula is C32H38O. The minimum Gasteiger partial charge on any atom is -0.494 e. The Kier molecular flexibility index (Phi) is 7.64. The molecule has 0 fully saturated rings. The van der Waals surface area contributed by atoms with Crippen LogP contribution in [0.5, 0.6) is 5.75 Å². The highest BCUT2D eigenvalue weighted by atomic mass is 16.5. The van der Waals surface area contributed by atoms with E-state index in [1.54, 1.807) is 0 Å². The van der Waals surface area contributed by atoms with Gasteiger partial charge in [-0.2, -0.15) is 0 Å². The maximum absolute atomic E-state index is 5.77. The lowest BCUT2D eigenvalue weighted by Gasteiger charge is -2.23. The van der Waals surface area contributed by atoms with Crippen molar-refractivity contribution in [2.75, 3.05) is 6.61 Å². The molecule has 0 heterocycles. The summed E-state index contributed by atoms with van der Waals surface area (Å²) in [7, 11) is 0. The van der Waals surface area contributed by atoms with Gasteiger partial charge in [-0.15, -0.1) is 0 Å². The van der Waals surface area contributed by atoms with Gasteiger partial charge in [-0.05, 0) is 57.3 Å². The molecule has 0 spiro atoms. The summed E-state index contributed by atoms with van der Waals surface area (Å²) in [6, 6.07) is 32.2. The summed E-state index contributed by atoms with van der Waals surface area (Å²) in [6.07, 6.45) is 0. The predicted molar refractivity (Wildman–Crippen MR) is 144 cm³/mol. The Morgan fingerprint density at radius 2 is 1.09 bits per heavy atom. The van der Waals surface area contributed by atoms with Crippen molar-refractivity contribution in [1.82, 2.24) is 0 Å². The first-order valence-corrected chi connectivity index (χ1v) is 11.9. The number of hydrogen-bond acceptors (Lipinski definition) is 1. The average Bonchev–Trinajstić information content (AvgIpc) is 2.79. The maximum Gasteiger partial charge on any atom is 0.123 e. The third-order valence-electron chi connectivity index (χ3n) is 5.81. The summed E-state index contributed by atoms with van der Waals surface area (Å²) in [5, 5.41) is 2.52. The molecule has 4 aromatic rings. The van der Waals surface area contributed by atoms with Crippen molar-refractivity contribution in [2.24, 2.45) is 0 Å². The highest BCUT2D eigenvalue weighted by molar-refractivity contribution is 5.85. The Morgan fingerprint density at radius 1 is 0.576 bits per heavy atom. The van der Waals surface area contributed by atoms with Gasteiger partial charge in [0.1, 0.15) is 5.75 Å². The molecule has 4 aromatic carbocycles. The van der Waals surface area contributed by atoms with Gasteiger partial charge in [0.2, 0.25) is 0 Å². The number of rotatable bonds is 3. The Labute approximate surface area is 200 Å². The first kappa shape index (κ1) is 24.6. The van der Waals surface area contributed by atoms with Crippen molar-refractivity contribution in [3.8, 4) is 16.9 Å². The highest BCUT2D eigenvalue weighted by Gasteiger charge is 2.19. The van der Waals surface area contributed by atoms with E-state index in [4.69, 9.17) is 4.74 Å². The molecule has 0 aromatic heterocycles. The van der Waals surface area contributed by atoms with E-state index < -0.39 is 0 Å². The molecule has 0 aliphatic rings. The minimum absolute atomic E-state index is 0.106. The van der Waals surface area contributed by atoms with Crippen molar-refractivity contribution < 1.29 is 4.74 Å². The van der Waals surface area contributed by atoms with Crippen molar-refractivity contribution >= 4 is 10.8 Å². The van der Waals surface area contributed by atoms with Gasteiger partial charge in [0.15, 0.2) is 0 Å². The normalized spacial score (nSPS) is 11.6. The van der Waals surface area contributed by atoms with Crippen LogP contribution in [0.2, 0.25) is 0 Å². The van der Waals surface area contributed by atoms with Crippen LogP contribution in [0.3, 0.4) is 0 Å². The summed E-state index contributed by atoms with van der Waals surface area (Å²) in [5.41, 5.74) is 5.56. The third-order valence-corrected chi connectivity index (χ3v) is 5.81. The molecule has 0 amide bonds. The van der Waals surface area contributed by atoms with Gasteiger partial charge in [0.05, 0.1) is 6.61 Å².